The lowest BCUT2D eigenvalue weighted by molar-refractivity contribution is -0.124. The molecule has 3 heteroatoms. The van der Waals surface area contributed by atoms with Crippen LogP contribution in [0.25, 0.3) is 0 Å². The zero-order valence-corrected chi connectivity index (χ0v) is 12.0. The summed E-state index contributed by atoms with van der Waals surface area (Å²) in [5.41, 5.74) is 5.83. The Morgan fingerprint density at radius 2 is 1.83 bits per heavy atom. The first-order chi connectivity index (χ1) is 8.39. The minimum Gasteiger partial charge on any atom is -0.352 e. The summed E-state index contributed by atoms with van der Waals surface area (Å²) in [6, 6.07) is 0.0131. The van der Waals surface area contributed by atoms with Crippen molar-refractivity contribution >= 4 is 5.91 Å². The van der Waals surface area contributed by atoms with Gasteiger partial charge in [0.1, 0.15) is 0 Å². The van der Waals surface area contributed by atoms with Crippen LogP contribution >= 0.6 is 0 Å². The molecular weight excluding hydrogens is 224 g/mol. The lowest BCUT2D eigenvalue weighted by atomic mass is 9.85. The smallest absolute Gasteiger partial charge is 0.237 e. The van der Waals surface area contributed by atoms with E-state index in [2.05, 4.69) is 5.32 Å². The second kappa shape index (κ2) is 5.20. The van der Waals surface area contributed by atoms with Gasteiger partial charge in [-0.25, -0.2) is 0 Å². The van der Waals surface area contributed by atoms with Gasteiger partial charge in [-0.15, -0.1) is 0 Å². The van der Waals surface area contributed by atoms with Gasteiger partial charge in [-0.05, 0) is 23.7 Å². The standard InChI is InChI=1S/C15H28N2O/c1-15(2,3)13(16)14(18)17-12-9-11(12)10-7-5-4-6-8-10/h10-13H,4-9,16H2,1-3H3,(H,17,18)/t11?,12?,13-/m1/s1. The number of nitrogens with one attached hydrogen (secondary N) is 1. The Labute approximate surface area is 111 Å². The van der Waals surface area contributed by atoms with Gasteiger partial charge in [-0.3, -0.25) is 4.79 Å². The predicted octanol–water partition coefficient (Wildman–Crippen LogP) is 2.44. The number of hydrogen-bond acceptors (Lipinski definition) is 2. The molecule has 0 heterocycles. The summed E-state index contributed by atoms with van der Waals surface area (Å²) in [6.07, 6.45) is 8.06. The third kappa shape index (κ3) is 3.25. The molecule has 3 atom stereocenters. The van der Waals surface area contributed by atoms with E-state index in [1.165, 1.54) is 38.5 Å². The molecule has 2 aliphatic rings. The van der Waals surface area contributed by atoms with Crippen LogP contribution in [0.2, 0.25) is 0 Å². The van der Waals surface area contributed by atoms with Gasteiger partial charge in [0.15, 0.2) is 0 Å². The Kier molecular flexibility index (Phi) is 4.00. The number of carbonyl (C=O) groups excluding carboxylic acids is 1. The summed E-state index contributed by atoms with van der Waals surface area (Å²) in [5, 5.41) is 3.14. The van der Waals surface area contributed by atoms with Crippen molar-refractivity contribution in [3.63, 3.8) is 0 Å². The molecule has 0 aromatic carbocycles. The second-order valence-electron chi connectivity index (χ2n) is 7.26. The summed E-state index contributed by atoms with van der Waals surface area (Å²) in [4.78, 5) is 12.0. The fourth-order valence-electron chi connectivity index (χ4n) is 3.13. The lowest BCUT2D eigenvalue weighted by Crippen LogP contribution is -2.49. The van der Waals surface area contributed by atoms with Gasteiger partial charge in [0.05, 0.1) is 6.04 Å². The maximum atomic E-state index is 12.0. The molecule has 18 heavy (non-hydrogen) atoms. The first-order valence-electron chi connectivity index (χ1n) is 7.45. The van der Waals surface area contributed by atoms with Gasteiger partial charge in [-0.1, -0.05) is 52.9 Å². The quantitative estimate of drug-likeness (QED) is 0.810. The van der Waals surface area contributed by atoms with Crippen LogP contribution in [0.3, 0.4) is 0 Å². The fraction of sp³-hybridized carbons (Fsp3) is 0.933. The maximum Gasteiger partial charge on any atom is 0.237 e. The average molecular weight is 252 g/mol. The zero-order chi connectivity index (χ0) is 13.3. The van der Waals surface area contributed by atoms with E-state index >= 15 is 0 Å². The first-order valence-corrected chi connectivity index (χ1v) is 7.45. The Hall–Kier alpha value is -0.570. The number of amides is 1. The molecule has 0 bridgehead atoms. The largest absolute Gasteiger partial charge is 0.352 e. The van der Waals surface area contributed by atoms with Crippen molar-refractivity contribution in [3.8, 4) is 0 Å². The van der Waals surface area contributed by atoms with Gasteiger partial charge >= 0.3 is 0 Å². The minimum atomic E-state index is -0.398. The van der Waals surface area contributed by atoms with E-state index in [1.807, 2.05) is 20.8 Å². The highest BCUT2D eigenvalue weighted by Gasteiger charge is 2.44. The van der Waals surface area contributed by atoms with Crippen LogP contribution in [0.15, 0.2) is 0 Å². The van der Waals surface area contributed by atoms with Crippen molar-refractivity contribution in [2.75, 3.05) is 0 Å². The summed E-state index contributed by atoms with van der Waals surface area (Å²) in [7, 11) is 0. The summed E-state index contributed by atoms with van der Waals surface area (Å²) >= 11 is 0. The maximum absolute atomic E-state index is 12.0. The fourth-order valence-corrected chi connectivity index (χ4v) is 3.13. The van der Waals surface area contributed by atoms with Crippen LogP contribution in [0.4, 0.5) is 0 Å². The molecule has 3 N–H and O–H groups in total. The van der Waals surface area contributed by atoms with Gasteiger partial charge < -0.3 is 11.1 Å². The molecule has 2 aliphatic carbocycles. The van der Waals surface area contributed by atoms with Crippen molar-refractivity contribution in [1.82, 2.24) is 5.32 Å². The van der Waals surface area contributed by atoms with E-state index in [1.54, 1.807) is 0 Å². The molecule has 0 radical (unpaired) electrons. The van der Waals surface area contributed by atoms with Crippen molar-refractivity contribution in [2.24, 2.45) is 23.0 Å². The van der Waals surface area contributed by atoms with Crippen LogP contribution in [-0.4, -0.2) is 18.0 Å². The molecule has 0 saturated heterocycles. The topological polar surface area (TPSA) is 55.1 Å². The van der Waals surface area contributed by atoms with Gasteiger partial charge in [0.25, 0.3) is 0 Å². The van der Waals surface area contributed by atoms with Crippen LogP contribution in [-0.2, 0) is 4.79 Å². The van der Waals surface area contributed by atoms with Crippen LogP contribution in [0.1, 0.15) is 59.3 Å². The highest BCUT2D eigenvalue weighted by Crippen LogP contribution is 2.44. The Bertz CT molecular complexity index is 302. The first kappa shape index (κ1) is 13.9. The van der Waals surface area contributed by atoms with Gasteiger partial charge in [0.2, 0.25) is 5.91 Å². The van der Waals surface area contributed by atoms with E-state index in [0.717, 1.165) is 11.8 Å². The van der Waals surface area contributed by atoms with Gasteiger partial charge in [-0.2, -0.15) is 0 Å². The van der Waals surface area contributed by atoms with Gasteiger partial charge in [0, 0.05) is 6.04 Å². The molecule has 2 rings (SSSR count). The van der Waals surface area contributed by atoms with Crippen molar-refractivity contribution in [2.45, 2.75) is 71.4 Å². The molecule has 0 aliphatic heterocycles. The van der Waals surface area contributed by atoms with E-state index in [4.69, 9.17) is 5.73 Å². The van der Waals surface area contributed by atoms with E-state index in [0.29, 0.717) is 6.04 Å². The highest BCUT2D eigenvalue weighted by molar-refractivity contribution is 5.82. The molecule has 0 aromatic heterocycles. The van der Waals surface area contributed by atoms with E-state index < -0.39 is 6.04 Å². The molecule has 2 unspecified atom stereocenters. The van der Waals surface area contributed by atoms with Crippen LogP contribution in [0, 0.1) is 17.3 Å². The molecule has 104 valence electrons. The minimum absolute atomic E-state index is 0.0332. The van der Waals surface area contributed by atoms with Crippen molar-refractivity contribution in [1.29, 1.82) is 0 Å². The molecule has 1 amide bonds. The second-order valence-corrected chi connectivity index (χ2v) is 7.26. The third-order valence-electron chi connectivity index (χ3n) is 4.64. The normalized spacial score (nSPS) is 30.9. The SMILES string of the molecule is CC(C)(C)[C@H](N)C(=O)NC1CC1C1CCCCC1. The predicted molar refractivity (Wildman–Crippen MR) is 74.0 cm³/mol. The van der Waals surface area contributed by atoms with Crippen molar-refractivity contribution in [3.05, 3.63) is 0 Å². The zero-order valence-electron chi connectivity index (χ0n) is 12.0. The van der Waals surface area contributed by atoms with Crippen LogP contribution < -0.4 is 11.1 Å². The highest BCUT2D eigenvalue weighted by atomic mass is 16.2. The average Bonchev–Trinajstić information content (AvgIpc) is 3.07. The van der Waals surface area contributed by atoms with Crippen LogP contribution in [0.5, 0.6) is 0 Å². The molecule has 0 spiro atoms. The lowest BCUT2D eigenvalue weighted by Gasteiger charge is -2.26. The number of nitrogens with two attached hydrogens (primary N) is 1. The summed E-state index contributed by atoms with van der Waals surface area (Å²) in [6.45, 7) is 6.05. The number of hydrogen-bond donors (Lipinski definition) is 2. The summed E-state index contributed by atoms with van der Waals surface area (Å²) in [5.74, 6) is 1.63. The monoisotopic (exact) mass is 252 g/mol. The summed E-state index contributed by atoms with van der Waals surface area (Å²) < 4.78 is 0. The van der Waals surface area contributed by atoms with E-state index in [-0.39, 0.29) is 11.3 Å². The molecule has 0 aromatic rings. The number of carbonyl (C=O) groups is 1. The van der Waals surface area contributed by atoms with E-state index in [9.17, 15) is 4.79 Å². The Morgan fingerprint density at radius 1 is 1.22 bits per heavy atom. The molecular formula is C15H28N2O. The molecule has 3 nitrogen and oxygen atoms in total. The van der Waals surface area contributed by atoms with Crippen molar-refractivity contribution < 1.29 is 4.79 Å². The Balaban J connectivity index is 1.77. The third-order valence-corrected chi connectivity index (χ3v) is 4.64. The number of rotatable bonds is 3. The molecule has 2 saturated carbocycles. The molecule has 2 fully saturated rings. The Morgan fingerprint density at radius 3 is 2.39 bits per heavy atom.